The molecule has 0 aliphatic rings. The number of aromatic nitrogens is 4. The van der Waals surface area contributed by atoms with Crippen LogP contribution in [-0.2, 0) is 19.5 Å². The summed E-state index contributed by atoms with van der Waals surface area (Å²) >= 11 is 0. The van der Waals surface area contributed by atoms with Crippen molar-refractivity contribution in [3.05, 3.63) is 65.4 Å². The van der Waals surface area contributed by atoms with Gasteiger partial charge < -0.3 is 31.9 Å². The van der Waals surface area contributed by atoms with Crippen molar-refractivity contribution >= 4 is 28.5 Å². The van der Waals surface area contributed by atoms with Crippen molar-refractivity contribution in [1.82, 2.24) is 19.7 Å². The van der Waals surface area contributed by atoms with Gasteiger partial charge >= 0.3 is 0 Å². The minimum atomic E-state index is -0.239. The number of hydrogen-bond donors (Lipinski definition) is 5. The summed E-state index contributed by atoms with van der Waals surface area (Å²) in [6.45, 7) is 3.38. The molecule has 7 N–H and O–H groups in total. The van der Waals surface area contributed by atoms with Crippen LogP contribution in [0.2, 0.25) is 0 Å². The molecule has 0 aliphatic carbocycles. The van der Waals surface area contributed by atoms with Gasteiger partial charge in [-0.1, -0.05) is 37.6 Å². The minimum Gasteiger partial charge on any atom is -0.496 e. The van der Waals surface area contributed by atoms with Crippen LogP contribution in [0, 0.1) is 0 Å². The molecule has 2 aromatic heterocycles. The second-order valence-electron chi connectivity index (χ2n) is 8.70. The second-order valence-corrected chi connectivity index (χ2v) is 8.70. The third-order valence-electron chi connectivity index (χ3n) is 5.88. The van der Waals surface area contributed by atoms with Crippen molar-refractivity contribution in [2.24, 2.45) is 5.73 Å². The number of anilines is 3. The van der Waals surface area contributed by atoms with E-state index in [-0.39, 0.29) is 18.7 Å². The zero-order valence-corrected chi connectivity index (χ0v) is 20.7. The predicted octanol–water partition coefficient (Wildman–Crippen LogP) is 3.11. The third kappa shape index (κ3) is 6.21. The molecule has 0 bridgehead atoms. The topological polar surface area (TPSA) is 149 Å². The van der Waals surface area contributed by atoms with E-state index in [1.165, 1.54) is 0 Å². The molecule has 0 aliphatic heterocycles. The monoisotopic (exact) mass is 490 g/mol. The number of hydrogen-bond acceptors (Lipinski definition) is 9. The molecular formula is C26H34N8O2. The van der Waals surface area contributed by atoms with Crippen molar-refractivity contribution < 1.29 is 9.84 Å². The lowest BCUT2D eigenvalue weighted by Gasteiger charge is -2.13. The largest absolute Gasteiger partial charge is 0.496 e. The Morgan fingerprint density at radius 1 is 1.11 bits per heavy atom. The lowest BCUT2D eigenvalue weighted by molar-refractivity contribution is 0.299. The molecule has 0 saturated heterocycles. The third-order valence-corrected chi connectivity index (χ3v) is 5.88. The SMILES string of the molecule is CCCC(N)Nc1nc(N)nc2cn(Cc3ccc(CNc4ccc(CCO)cc4)cc3OC)nc12. The maximum Gasteiger partial charge on any atom is 0.222 e. The van der Waals surface area contributed by atoms with Crippen LogP contribution in [0.5, 0.6) is 5.75 Å². The highest BCUT2D eigenvalue weighted by Crippen LogP contribution is 2.25. The van der Waals surface area contributed by atoms with Gasteiger partial charge in [-0.2, -0.15) is 10.1 Å². The first kappa shape index (κ1) is 25.2. The molecule has 4 aromatic rings. The first-order valence-corrected chi connectivity index (χ1v) is 12.1. The zero-order chi connectivity index (χ0) is 25.5. The lowest BCUT2D eigenvalue weighted by Crippen LogP contribution is -2.29. The van der Waals surface area contributed by atoms with Gasteiger partial charge in [-0.05, 0) is 42.2 Å². The molecule has 36 heavy (non-hydrogen) atoms. The average Bonchev–Trinajstić information content (AvgIpc) is 3.27. The molecule has 190 valence electrons. The Bertz CT molecular complexity index is 1290. The van der Waals surface area contributed by atoms with E-state index < -0.39 is 0 Å². The van der Waals surface area contributed by atoms with E-state index in [0.29, 0.717) is 36.4 Å². The Morgan fingerprint density at radius 3 is 2.61 bits per heavy atom. The molecule has 0 spiro atoms. The fourth-order valence-electron chi connectivity index (χ4n) is 4.04. The average molecular weight is 491 g/mol. The number of benzene rings is 2. The van der Waals surface area contributed by atoms with Crippen LogP contribution < -0.4 is 26.8 Å². The molecular weight excluding hydrogens is 456 g/mol. The van der Waals surface area contributed by atoms with Gasteiger partial charge in [0.1, 0.15) is 11.3 Å². The molecule has 0 amide bonds. The maximum atomic E-state index is 9.06. The van der Waals surface area contributed by atoms with Crippen molar-refractivity contribution in [3.8, 4) is 5.75 Å². The van der Waals surface area contributed by atoms with Gasteiger partial charge in [0.25, 0.3) is 0 Å². The van der Waals surface area contributed by atoms with Gasteiger partial charge in [0, 0.05) is 24.4 Å². The molecule has 1 unspecified atom stereocenters. The van der Waals surface area contributed by atoms with E-state index in [1.54, 1.807) is 11.8 Å². The van der Waals surface area contributed by atoms with Gasteiger partial charge in [0.15, 0.2) is 11.3 Å². The number of nitrogen functional groups attached to an aromatic ring is 1. The molecule has 0 saturated carbocycles. The van der Waals surface area contributed by atoms with Crippen LogP contribution in [0.1, 0.15) is 36.5 Å². The van der Waals surface area contributed by atoms with Gasteiger partial charge in [0.2, 0.25) is 5.95 Å². The quantitative estimate of drug-likeness (QED) is 0.189. The summed E-state index contributed by atoms with van der Waals surface area (Å²) in [5.74, 6) is 1.49. The molecule has 0 radical (unpaired) electrons. The van der Waals surface area contributed by atoms with Gasteiger partial charge in [-0.15, -0.1) is 0 Å². The van der Waals surface area contributed by atoms with E-state index in [4.69, 9.17) is 26.4 Å². The summed E-state index contributed by atoms with van der Waals surface area (Å²) in [7, 11) is 1.67. The normalized spacial score (nSPS) is 12.0. The number of nitrogens with two attached hydrogens (primary N) is 2. The maximum absolute atomic E-state index is 9.06. The Hall–Kier alpha value is -3.89. The van der Waals surface area contributed by atoms with Crippen molar-refractivity contribution in [2.75, 3.05) is 30.1 Å². The summed E-state index contributed by atoms with van der Waals surface area (Å²) in [5.41, 5.74) is 17.5. The molecule has 1 atom stereocenters. The number of rotatable bonds is 12. The molecule has 2 heterocycles. The number of aliphatic hydroxyl groups is 1. The smallest absolute Gasteiger partial charge is 0.222 e. The predicted molar refractivity (Wildman–Crippen MR) is 143 cm³/mol. The van der Waals surface area contributed by atoms with E-state index in [9.17, 15) is 0 Å². The molecule has 10 nitrogen and oxygen atoms in total. The fourth-order valence-corrected chi connectivity index (χ4v) is 4.04. The molecule has 4 rings (SSSR count). The Balaban J connectivity index is 1.48. The van der Waals surface area contributed by atoms with Crippen LogP contribution in [0.3, 0.4) is 0 Å². The van der Waals surface area contributed by atoms with Crippen molar-refractivity contribution in [3.63, 3.8) is 0 Å². The minimum absolute atomic E-state index is 0.153. The number of ether oxygens (including phenoxy) is 1. The van der Waals surface area contributed by atoms with Crippen LogP contribution in [-0.4, -0.2) is 44.7 Å². The van der Waals surface area contributed by atoms with Gasteiger partial charge in [0.05, 0.1) is 26.0 Å². The van der Waals surface area contributed by atoms with Crippen molar-refractivity contribution in [1.29, 1.82) is 0 Å². The summed E-state index contributed by atoms with van der Waals surface area (Å²) < 4.78 is 7.48. The van der Waals surface area contributed by atoms with E-state index >= 15 is 0 Å². The second kappa shape index (κ2) is 11.7. The van der Waals surface area contributed by atoms with E-state index in [1.807, 2.05) is 42.6 Å². The summed E-state index contributed by atoms with van der Waals surface area (Å²) in [6.07, 6.45) is 4.03. The van der Waals surface area contributed by atoms with Gasteiger partial charge in [-0.3, -0.25) is 4.68 Å². The first-order valence-electron chi connectivity index (χ1n) is 12.1. The van der Waals surface area contributed by atoms with E-state index in [2.05, 4.69) is 33.6 Å². The zero-order valence-electron chi connectivity index (χ0n) is 20.7. The summed E-state index contributed by atoms with van der Waals surface area (Å²) in [5, 5.41) is 20.4. The number of methoxy groups -OCH3 is 1. The highest BCUT2D eigenvalue weighted by Gasteiger charge is 2.14. The Kier molecular flexibility index (Phi) is 8.19. The molecule has 0 fully saturated rings. The number of nitrogens with zero attached hydrogens (tertiary/aromatic N) is 4. The van der Waals surface area contributed by atoms with Crippen LogP contribution >= 0.6 is 0 Å². The standard InChI is InChI=1S/C26H34N8O2/c1-3-4-23(27)31-25-24-21(30-26(28)32-25)16-34(33-24)15-19-8-5-18(13-22(19)36-2)14-29-20-9-6-17(7-10-20)11-12-35/h5-10,13,16,23,29,35H,3-4,11-12,14-15,27H2,1-2H3,(H3,28,30,31,32). The molecule has 10 heteroatoms. The van der Waals surface area contributed by atoms with Crippen LogP contribution in [0.25, 0.3) is 11.0 Å². The highest BCUT2D eigenvalue weighted by molar-refractivity contribution is 5.85. The summed E-state index contributed by atoms with van der Waals surface area (Å²) in [4.78, 5) is 8.63. The lowest BCUT2D eigenvalue weighted by atomic mass is 10.1. The number of fused-ring (bicyclic) bond motifs is 1. The fraction of sp³-hybridized carbons (Fsp3) is 0.346. The Morgan fingerprint density at radius 2 is 1.89 bits per heavy atom. The van der Waals surface area contributed by atoms with E-state index in [0.717, 1.165) is 41.0 Å². The highest BCUT2D eigenvalue weighted by atomic mass is 16.5. The Labute approximate surface area is 210 Å². The molecule has 2 aromatic carbocycles. The van der Waals surface area contributed by atoms with Crippen LogP contribution in [0.15, 0.2) is 48.7 Å². The van der Waals surface area contributed by atoms with Crippen LogP contribution in [0.4, 0.5) is 17.5 Å². The number of nitrogens with one attached hydrogen (secondary N) is 2. The summed E-state index contributed by atoms with van der Waals surface area (Å²) in [6, 6.07) is 14.2. The van der Waals surface area contributed by atoms with Gasteiger partial charge in [-0.25, -0.2) is 4.98 Å². The first-order chi connectivity index (χ1) is 17.5. The van der Waals surface area contributed by atoms with Crippen molar-refractivity contribution in [2.45, 2.75) is 45.4 Å². The number of aliphatic hydroxyl groups excluding tert-OH is 1.